The lowest BCUT2D eigenvalue weighted by atomic mass is 10.1. The van der Waals surface area contributed by atoms with E-state index in [1.54, 1.807) is 17.4 Å². The molecule has 0 saturated carbocycles. The molecule has 118 valence electrons. The zero-order valence-corrected chi connectivity index (χ0v) is 13.7. The second-order valence-corrected chi connectivity index (χ2v) is 6.60. The Bertz CT molecular complexity index is 644. The third-order valence-electron chi connectivity index (χ3n) is 3.68. The zero-order chi connectivity index (χ0) is 15.5. The summed E-state index contributed by atoms with van der Waals surface area (Å²) in [5.41, 5.74) is 1.20. The molecule has 0 unspecified atom stereocenters. The van der Waals surface area contributed by atoms with Gasteiger partial charge >= 0.3 is 0 Å². The smallest absolute Gasteiger partial charge is 0.273 e. The van der Waals surface area contributed by atoms with Crippen molar-refractivity contribution in [2.75, 3.05) is 18.0 Å². The summed E-state index contributed by atoms with van der Waals surface area (Å²) in [7, 11) is 0. The molecule has 1 aliphatic heterocycles. The Balaban J connectivity index is 1.56. The van der Waals surface area contributed by atoms with E-state index in [-0.39, 0.29) is 11.8 Å². The van der Waals surface area contributed by atoms with Gasteiger partial charge in [0, 0.05) is 30.5 Å². The first-order valence-electron chi connectivity index (χ1n) is 7.57. The molecule has 1 fully saturated rings. The lowest BCUT2D eigenvalue weighted by molar-refractivity contribution is 0.0941. The molecule has 3 rings (SSSR count). The monoisotopic (exact) mass is 320 g/mol. The van der Waals surface area contributed by atoms with E-state index in [2.05, 4.69) is 20.4 Å². The molecule has 0 aliphatic carbocycles. The summed E-state index contributed by atoms with van der Waals surface area (Å²) in [5.74, 6) is 0.706. The first kappa shape index (κ1) is 15.0. The number of aromatic nitrogens is 2. The van der Waals surface area contributed by atoms with E-state index < -0.39 is 0 Å². The molecule has 1 N–H and O–H groups in total. The van der Waals surface area contributed by atoms with Crippen molar-refractivity contribution in [2.24, 2.45) is 0 Å². The van der Waals surface area contributed by atoms with Crippen molar-refractivity contribution in [1.82, 2.24) is 15.5 Å². The van der Waals surface area contributed by atoms with Crippen LogP contribution in [0.1, 0.15) is 54.5 Å². The van der Waals surface area contributed by atoms with Crippen molar-refractivity contribution in [3.63, 3.8) is 0 Å². The van der Waals surface area contributed by atoms with Gasteiger partial charge in [-0.3, -0.25) is 4.79 Å². The van der Waals surface area contributed by atoms with Crippen LogP contribution < -0.4 is 10.2 Å². The van der Waals surface area contributed by atoms with Crippen LogP contribution in [0, 0.1) is 0 Å². The number of carbonyl (C=O) groups excluding carboxylic acids is 1. The Kier molecular flexibility index (Phi) is 4.42. The highest BCUT2D eigenvalue weighted by Gasteiger charge is 2.17. The predicted octanol–water partition coefficient (Wildman–Crippen LogP) is 2.78. The molecule has 1 aliphatic rings. The van der Waals surface area contributed by atoms with E-state index >= 15 is 0 Å². The number of thiazole rings is 1. The van der Waals surface area contributed by atoms with E-state index in [1.807, 2.05) is 19.2 Å². The highest BCUT2D eigenvalue weighted by atomic mass is 32.1. The molecule has 2 aromatic heterocycles. The van der Waals surface area contributed by atoms with Gasteiger partial charge in [-0.15, -0.1) is 11.3 Å². The Morgan fingerprint density at radius 2 is 2.23 bits per heavy atom. The van der Waals surface area contributed by atoms with E-state index in [1.165, 1.54) is 12.8 Å². The molecule has 1 amide bonds. The normalized spacial score (nSPS) is 14.8. The summed E-state index contributed by atoms with van der Waals surface area (Å²) in [6, 6.07) is 1.69. The second-order valence-electron chi connectivity index (χ2n) is 5.77. The van der Waals surface area contributed by atoms with Crippen LogP contribution in [-0.4, -0.2) is 29.1 Å². The molecule has 0 spiro atoms. The molecule has 0 aromatic carbocycles. The molecule has 7 heteroatoms. The van der Waals surface area contributed by atoms with Gasteiger partial charge in [0.1, 0.15) is 5.76 Å². The molecule has 2 aromatic rings. The maximum atomic E-state index is 12.0. The summed E-state index contributed by atoms with van der Waals surface area (Å²) in [5, 5.41) is 9.68. The lowest BCUT2D eigenvalue weighted by Crippen LogP contribution is -2.23. The fourth-order valence-electron chi connectivity index (χ4n) is 2.36. The maximum Gasteiger partial charge on any atom is 0.273 e. The van der Waals surface area contributed by atoms with Crippen molar-refractivity contribution < 1.29 is 9.32 Å². The van der Waals surface area contributed by atoms with E-state index in [0.29, 0.717) is 12.2 Å². The third kappa shape index (κ3) is 3.30. The highest BCUT2D eigenvalue weighted by Crippen LogP contribution is 2.24. The number of nitrogens with zero attached hydrogens (tertiary/aromatic N) is 3. The van der Waals surface area contributed by atoms with E-state index in [9.17, 15) is 4.79 Å². The van der Waals surface area contributed by atoms with Crippen LogP contribution in [0.25, 0.3) is 0 Å². The van der Waals surface area contributed by atoms with Crippen LogP contribution in [0.3, 0.4) is 0 Å². The summed E-state index contributed by atoms with van der Waals surface area (Å²) in [4.78, 5) is 18.9. The topological polar surface area (TPSA) is 71.3 Å². The predicted molar refractivity (Wildman–Crippen MR) is 85.3 cm³/mol. The number of anilines is 1. The highest BCUT2D eigenvalue weighted by molar-refractivity contribution is 7.13. The minimum Gasteiger partial charge on any atom is -0.360 e. The van der Waals surface area contributed by atoms with Gasteiger partial charge in [-0.2, -0.15) is 0 Å². The van der Waals surface area contributed by atoms with E-state index in [4.69, 9.17) is 4.52 Å². The van der Waals surface area contributed by atoms with Crippen LogP contribution in [0.4, 0.5) is 5.13 Å². The van der Waals surface area contributed by atoms with Crippen LogP contribution in [0.2, 0.25) is 0 Å². The van der Waals surface area contributed by atoms with Gasteiger partial charge in [-0.25, -0.2) is 4.98 Å². The van der Waals surface area contributed by atoms with Gasteiger partial charge < -0.3 is 14.7 Å². The average molecular weight is 320 g/mol. The first-order chi connectivity index (χ1) is 10.6. The van der Waals surface area contributed by atoms with Gasteiger partial charge in [0.15, 0.2) is 10.8 Å². The summed E-state index contributed by atoms with van der Waals surface area (Å²) < 4.78 is 5.14. The number of carbonyl (C=O) groups is 1. The third-order valence-corrected chi connectivity index (χ3v) is 4.63. The second kappa shape index (κ2) is 6.48. The Hall–Kier alpha value is -1.89. The van der Waals surface area contributed by atoms with Crippen molar-refractivity contribution in [3.8, 4) is 0 Å². The largest absolute Gasteiger partial charge is 0.360 e. The molecule has 0 bridgehead atoms. The summed E-state index contributed by atoms with van der Waals surface area (Å²) >= 11 is 1.63. The molecule has 1 saturated heterocycles. The van der Waals surface area contributed by atoms with Crippen molar-refractivity contribution in [2.45, 2.75) is 39.2 Å². The van der Waals surface area contributed by atoms with Crippen molar-refractivity contribution >= 4 is 22.4 Å². The van der Waals surface area contributed by atoms with Crippen LogP contribution in [0.5, 0.6) is 0 Å². The summed E-state index contributed by atoms with van der Waals surface area (Å²) in [6.07, 6.45) is 2.46. The molecule has 22 heavy (non-hydrogen) atoms. The van der Waals surface area contributed by atoms with Crippen molar-refractivity contribution in [1.29, 1.82) is 0 Å². The van der Waals surface area contributed by atoms with E-state index in [0.717, 1.165) is 29.7 Å². The fraction of sp³-hybridized carbons (Fsp3) is 0.533. The minimum absolute atomic E-state index is 0.218. The summed E-state index contributed by atoms with van der Waals surface area (Å²) in [6.45, 7) is 6.56. The number of nitrogens with one attached hydrogen (secondary N) is 1. The van der Waals surface area contributed by atoms with Crippen molar-refractivity contribution in [3.05, 3.63) is 28.6 Å². The molecule has 3 heterocycles. The number of amides is 1. The quantitative estimate of drug-likeness (QED) is 0.917. The standard InChI is InChI=1S/C15H20N4O2S/c1-10(2)13-7-12(18-21-13)14(20)16-8-11-9-22-15(17-11)19-5-3-4-6-19/h7,9-10H,3-6,8H2,1-2H3,(H,16,20). The lowest BCUT2D eigenvalue weighted by Gasteiger charge is -2.12. The molecule has 0 radical (unpaired) electrons. The number of rotatable bonds is 5. The Morgan fingerprint density at radius 1 is 1.45 bits per heavy atom. The Labute approximate surface area is 133 Å². The Morgan fingerprint density at radius 3 is 2.91 bits per heavy atom. The van der Waals surface area contributed by atoms with Gasteiger partial charge in [-0.1, -0.05) is 19.0 Å². The van der Waals surface area contributed by atoms with Crippen LogP contribution >= 0.6 is 11.3 Å². The number of hydrogen-bond donors (Lipinski definition) is 1. The van der Waals surface area contributed by atoms with Crippen LogP contribution in [-0.2, 0) is 6.54 Å². The van der Waals surface area contributed by atoms with Gasteiger partial charge in [0.05, 0.1) is 12.2 Å². The molecule has 0 atom stereocenters. The van der Waals surface area contributed by atoms with Gasteiger partial charge in [0.2, 0.25) is 0 Å². The zero-order valence-electron chi connectivity index (χ0n) is 12.8. The fourth-order valence-corrected chi connectivity index (χ4v) is 3.24. The molecule has 6 nitrogen and oxygen atoms in total. The number of hydrogen-bond acceptors (Lipinski definition) is 6. The average Bonchev–Trinajstić information content (AvgIpc) is 3.23. The minimum atomic E-state index is -0.230. The first-order valence-corrected chi connectivity index (χ1v) is 8.45. The van der Waals surface area contributed by atoms with Crippen LogP contribution in [0.15, 0.2) is 16.0 Å². The van der Waals surface area contributed by atoms with Gasteiger partial charge in [-0.05, 0) is 12.8 Å². The molecular weight excluding hydrogens is 300 g/mol. The van der Waals surface area contributed by atoms with Gasteiger partial charge in [0.25, 0.3) is 5.91 Å². The SMILES string of the molecule is CC(C)c1cc(C(=O)NCc2csc(N3CCCC3)n2)no1. The maximum absolute atomic E-state index is 12.0. The molecular formula is C15H20N4O2S.